The van der Waals surface area contributed by atoms with Crippen LogP contribution in [0.4, 0.5) is 0 Å². The molecule has 0 atom stereocenters. The Morgan fingerprint density at radius 2 is 1.06 bits per heavy atom. The van der Waals surface area contributed by atoms with Gasteiger partial charge in [-0.1, -0.05) is 84.9 Å². The fourth-order valence-corrected chi connectivity index (χ4v) is 5.85. The molecule has 3 aromatic heterocycles. The summed E-state index contributed by atoms with van der Waals surface area (Å²) in [4.78, 5) is 5.18. The van der Waals surface area contributed by atoms with E-state index in [0.717, 1.165) is 22.3 Å². The van der Waals surface area contributed by atoms with E-state index in [1.807, 2.05) is 0 Å². The largest absolute Gasteiger partial charge is 0.277 e. The molecule has 0 aliphatic carbocycles. The quantitative estimate of drug-likeness (QED) is 0.229. The van der Waals surface area contributed by atoms with Crippen molar-refractivity contribution in [3.63, 3.8) is 0 Å². The lowest BCUT2D eigenvalue weighted by molar-refractivity contribution is 1.21. The molecule has 0 saturated carbocycles. The summed E-state index contributed by atoms with van der Waals surface area (Å²) in [5.41, 5.74) is 6.89. The van der Waals surface area contributed by atoms with E-state index in [-0.39, 0.29) is 0 Å². The van der Waals surface area contributed by atoms with Crippen molar-refractivity contribution in [2.75, 3.05) is 0 Å². The average molecular weight is 448 g/mol. The van der Waals surface area contributed by atoms with Crippen LogP contribution in [0.3, 0.4) is 0 Å². The first-order chi connectivity index (χ1) is 17.3. The summed E-state index contributed by atoms with van der Waals surface area (Å²) < 4.78 is 4.70. The number of nitrogens with zero attached hydrogens (tertiary/aromatic N) is 3. The predicted molar refractivity (Wildman–Crippen MR) is 147 cm³/mol. The molecular formula is C32H21N3. The second-order valence-corrected chi connectivity index (χ2v) is 9.36. The normalized spacial score (nSPS) is 12.1. The Balaban J connectivity index is 1.86. The Morgan fingerprint density at radius 3 is 1.80 bits per heavy atom. The summed E-state index contributed by atoms with van der Waals surface area (Å²) in [5, 5.41) is 7.39. The van der Waals surface area contributed by atoms with Gasteiger partial charge < -0.3 is 0 Å². The minimum atomic E-state index is 0.942. The summed E-state index contributed by atoms with van der Waals surface area (Å²) in [7, 11) is 0. The maximum absolute atomic E-state index is 5.18. The third-order valence-electron chi connectivity index (χ3n) is 7.34. The maximum atomic E-state index is 5.18. The van der Waals surface area contributed by atoms with Crippen molar-refractivity contribution < 1.29 is 0 Å². The first kappa shape index (κ1) is 18.8. The average Bonchev–Trinajstić information content (AvgIpc) is 3.43. The van der Waals surface area contributed by atoms with E-state index < -0.39 is 0 Å². The number of hydrogen-bond acceptors (Lipinski definition) is 1. The van der Waals surface area contributed by atoms with Gasteiger partial charge in [0.1, 0.15) is 0 Å². The van der Waals surface area contributed by atoms with Crippen LogP contribution in [0, 0.1) is 6.92 Å². The van der Waals surface area contributed by atoms with Crippen molar-refractivity contribution in [1.82, 2.24) is 13.8 Å². The molecule has 164 valence electrons. The lowest BCUT2D eigenvalue weighted by Crippen LogP contribution is -1.87. The molecule has 0 amide bonds. The Labute approximate surface area is 201 Å². The van der Waals surface area contributed by atoms with Gasteiger partial charge in [-0.15, -0.1) is 0 Å². The van der Waals surface area contributed by atoms with E-state index in [0.29, 0.717) is 0 Å². The van der Waals surface area contributed by atoms with Crippen LogP contribution in [-0.4, -0.2) is 13.8 Å². The van der Waals surface area contributed by atoms with E-state index in [9.17, 15) is 0 Å². The van der Waals surface area contributed by atoms with Gasteiger partial charge in [0.05, 0.1) is 27.6 Å². The number of imidazole rings is 2. The van der Waals surface area contributed by atoms with E-state index in [1.165, 1.54) is 48.9 Å². The monoisotopic (exact) mass is 447 g/mol. The zero-order valence-corrected chi connectivity index (χ0v) is 19.2. The smallest absolute Gasteiger partial charge is 0.220 e. The van der Waals surface area contributed by atoms with E-state index in [2.05, 4.69) is 125 Å². The molecule has 0 unspecified atom stereocenters. The molecule has 3 nitrogen and oxygen atoms in total. The van der Waals surface area contributed by atoms with Crippen LogP contribution >= 0.6 is 0 Å². The van der Waals surface area contributed by atoms with Gasteiger partial charge in [0.25, 0.3) is 0 Å². The highest BCUT2D eigenvalue weighted by molar-refractivity contribution is 6.21. The topological polar surface area (TPSA) is 21.7 Å². The summed E-state index contributed by atoms with van der Waals surface area (Å²) in [5.74, 6) is 0.942. The number of fused-ring (bicyclic) bond motifs is 12. The van der Waals surface area contributed by atoms with Crippen molar-refractivity contribution in [2.24, 2.45) is 0 Å². The minimum absolute atomic E-state index is 0.942. The van der Waals surface area contributed by atoms with Crippen molar-refractivity contribution >= 4 is 65.7 Å². The lowest BCUT2D eigenvalue weighted by Gasteiger charge is -2.03. The van der Waals surface area contributed by atoms with Gasteiger partial charge in [0.2, 0.25) is 5.78 Å². The van der Waals surface area contributed by atoms with Crippen molar-refractivity contribution in [2.45, 2.75) is 6.92 Å². The molecule has 0 aliphatic rings. The van der Waals surface area contributed by atoms with Crippen LogP contribution in [0.2, 0.25) is 0 Å². The zero-order valence-electron chi connectivity index (χ0n) is 19.2. The van der Waals surface area contributed by atoms with E-state index >= 15 is 0 Å². The number of rotatable bonds is 0. The highest BCUT2D eigenvalue weighted by Crippen LogP contribution is 2.36. The Hall–Kier alpha value is -4.63. The number of para-hydroxylation sites is 2. The molecule has 0 saturated heterocycles. The zero-order chi connectivity index (χ0) is 23.1. The Bertz CT molecular complexity index is 2180. The molecule has 3 heteroatoms. The second-order valence-electron chi connectivity index (χ2n) is 9.36. The van der Waals surface area contributed by atoms with Gasteiger partial charge in [0, 0.05) is 10.8 Å². The standard InChI is InChI=1S/C32H21N3/c1-20-17-18-27-30(19-20)34-29-16-8-14-26-24-12-5-3-10-22(24)21-9-2-4-11-23(21)25-13-6-7-15-28(25)35(31(26)29)32(34)33-27/h2-19H,1H3. The number of hydrogen-bond donors (Lipinski definition) is 0. The summed E-state index contributed by atoms with van der Waals surface area (Å²) in [6.07, 6.45) is 0. The molecule has 8 rings (SSSR count). The molecule has 3 heterocycles. The number of aryl methyl sites for hydroxylation is 1. The maximum Gasteiger partial charge on any atom is 0.220 e. The van der Waals surface area contributed by atoms with Gasteiger partial charge >= 0.3 is 0 Å². The van der Waals surface area contributed by atoms with Gasteiger partial charge in [-0.05, 0) is 58.3 Å². The number of benzene rings is 5. The highest BCUT2D eigenvalue weighted by atomic mass is 15.2. The fraction of sp³-hybridized carbons (Fsp3) is 0.0312. The molecule has 8 aromatic rings. The second kappa shape index (κ2) is 6.71. The van der Waals surface area contributed by atoms with Crippen LogP contribution in [-0.2, 0) is 0 Å². The van der Waals surface area contributed by atoms with Crippen LogP contribution in [0.15, 0.2) is 109 Å². The highest BCUT2D eigenvalue weighted by Gasteiger charge is 2.18. The molecule has 0 aliphatic heterocycles. The summed E-state index contributed by atoms with van der Waals surface area (Å²) in [6.45, 7) is 2.14. The molecule has 35 heavy (non-hydrogen) atoms. The molecule has 5 aromatic carbocycles. The molecule has 0 radical (unpaired) electrons. The SMILES string of the molecule is Cc1ccc2nc3n(c2c1)c1cccc2c4ccccc4c4ccccc4c4ccccc4n3c21. The first-order valence-electron chi connectivity index (χ1n) is 12.0. The van der Waals surface area contributed by atoms with Crippen LogP contribution < -0.4 is 0 Å². The fourth-order valence-electron chi connectivity index (χ4n) is 5.85. The Kier molecular flexibility index (Phi) is 3.59. The molecule has 0 fully saturated rings. The van der Waals surface area contributed by atoms with Gasteiger partial charge in [0.15, 0.2) is 0 Å². The third-order valence-corrected chi connectivity index (χ3v) is 7.34. The summed E-state index contributed by atoms with van der Waals surface area (Å²) >= 11 is 0. The van der Waals surface area contributed by atoms with Crippen LogP contribution in [0.1, 0.15) is 5.56 Å². The van der Waals surface area contributed by atoms with Gasteiger partial charge in [-0.25, -0.2) is 4.98 Å². The first-order valence-corrected chi connectivity index (χ1v) is 12.0. The van der Waals surface area contributed by atoms with Gasteiger partial charge in [-0.3, -0.25) is 8.80 Å². The van der Waals surface area contributed by atoms with Crippen molar-refractivity contribution in [3.8, 4) is 0 Å². The predicted octanol–water partition coefficient (Wildman–Crippen LogP) is 8.22. The molecule has 0 spiro atoms. The van der Waals surface area contributed by atoms with Crippen molar-refractivity contribution in [1.29, 1.82) is 0 Å². The molecule has 0 N–H and O–H groups in total. The van der Waals surface area contributed by atoms with Crippen LogP contribution in [0.5, 0.6) is 0 Å². The van der Waals surface area contributed by atoms with Gasteiger partial charge in [-0.2, -0.15) is 0 Å². The molecular weight excluding hydrogens is 426 g/mol. The van der Waals surface area contributed by atoms with Crippen molar-refractivity contribution in [3.05, 3.63) is 115 Å². The number of aromatic nitrogens is 3. The van der Waals surface area contributed by atoms with E-state index in [4.69, 9.17) is 4.98 Å². The summed E-state index contributed by atoms with van der Waals surface area (Å²) in [6, 6.07) is 39.4. The Morgan fingerprint density at radius 1 is 0.486 bits per heavy atom. The lowest BCUT2D eigenvalue weighted by atomic mass is 10.0. The third kappa shape index (κ3) is 2.42. The van der Waals surface area contributed by atoms with E-state index in [1.54, 1.807) is 0 Å². The molecule has 0 bridgehead atoms. The van der Waals surface area contributed by atoms with Crippen LogP contribution in [0.25, 0.3) is 65.7 Å². The minimum Gasteiger partial charge on any atom is -0.277 e.